The largest absolute Gasteiger partial charge is 0.497 e. The molecule has 1 rings (SSSR count). The maximum absolute atomic E-state index is 11.4. The van der Waals surface area contributed by atoms with E-state index in [0.717, 1.165) is 0 Å². The van der Waals surface area contributed by atoms with Crippen LogP contribution in [0.1, 0.15) is 6.92 Å². The molecule has 88 valence electrons. The molecule has 0 heterocycles. The maximum atomic E-state index is 11.4. The van der Waals surface area contributed by atoms with Crippen LogP contribution in [0.2, 0.25) is 0 Å². The quantitative estimate of drug-likeness (QED) is 0.826. The van der Waals surface area contributed by atoms with Crippen LogP contribution in [0.4, 0.5) is 5.69 Å². The molecular formula is C11H14ClNO3. The summed E-state index contributed by atoms with van der Waals surface area (Å²) in [7, 11) is 3.09. The Balaban J connectivity index is 2.91. The number of halogens is 1. The minimum Gasteiger partial charge on any atom is -0.497 e. The van der Waals surface area contributed by atoms with Crippen molar-refractivity contribution in [3.05, 3.63) is 18.2 Å². The number of methoxy groups -OCH3 is 2. The summed E-state index contributed by atoms with van der Waals surface area (Å²) in [4.78, 5) is 11.4. The van der Waals surface area contributed by atoms with Crippen molar-refractivity contribution < 1.29 is 14.3 Å². The summed E-state index contributed by atoms with van der Waals surface area (Å²) < 4.78 is 10.2. The van der Waals surface area contributed by atoms with E-state index >= 15 is 0 Å². The van der Waals surface area contributed by atoms with E-state index in [0.29, 0.717) is 17.2 Å². The van der Waals surface area contributed by atoms with E-state index in [4.69, 9.17) is 21.1 Å². The van der Waals surface area contributed by atoms with Gasteiger partial charge in [0.05, 0.1) is 14.2 Å². The fourth-order valence-corrected chi connectivity index (χ4v) is 1.18. The van der Waals surface area contributed by atoms with Gasteiger partial charge in [0, 0.05) is 23.9 Å². The van der Waals surface area contributed by atoms with Gasteiger partial charge in [-0.05, 0) is 6.92 Å². The van der Waals surface area contributed by atoms with E-state index in [2.05, 4.69) is 5.32 Å². The molecule has 1 amide bonds. The normalized spacial score (nSPS) is 11.8. The van der Waals surface area contributed by atoms with Crippen LogP contribution in [0.15, 0.2) is 18.2 Å². The van der Waals surface area contributed by atoms with Crippen molar-refractivity contribution in [2.75, 3.05) is 19.5 Å². The van der Waals surface area contributed by atoms with E-state index in [1.54, 1.807) is 39.3 Å². The van der Waals surface area contributed by atoms with Crippen LogP contribution < -0.4 is 14.8 Å². The Morgan fingerprint density at radius 3 is 2.12 bits per heavy atom. The molecule has 0 spiro atoms. The molecule has 1 atom stereocenters. The van der Waals surface area contributed by atoms with Gasteiger partial charge >= 0.3 is 0 Å². The van der Waals surface area contributed by atoms with Crippen LogP contribution in [0, 0.1) is 0 Å². The molecule has 0 fully saturated rings. The highest BCUT2D eigenvalue weighted by Crippen LogP contribution is 2.25. The predicted octanol–water partition coefficient (Wildman–Crippen LogP) is 2.27. The molecule has 16 heavy (non-hydrogen) atoms. The van der Waals surface area contributed by atoms with Gasteiger partial charge in [-0.15, -0.1) is 11.6 Å². The fraction of sp³-hybridized carbons (Fsp3) is 0.364. The number of carbonyl (C=O) groups excluding carboxylic acids is 1. The number of ether oxygens (including phenoxy) is 2. The molecule has 1 aromatic carbocycles. The SMILES string of the molecule is COc1cc(NC(=O)[C@H](C)Cl)cc(OC)c1. The number of amides is 1. The van der Waals surface area contributed by atoms with Crippen molar-refractivity contribution in [1.82, 2.24) is 0 Å². The second-order valence-electron chi connectivity index (χ2n) is 3.21. The molecular weight excluding hydrogens is 230 g/mol. The summed E-state index contributed by atoms with van der Waals surface area (Å²) in [6.45, 7) is 1.61. The molecule has 0 aliphatic rings. The Morgan fingerprint density at radius 1 is 1.25 bits per heavy atom. The first-order valence-electron chi connectivity index (χ1n) is 4.75. The lowest BCUT2D eigenvalue weighted by Gasteiger charge is -2.10. The zero-order valence-electron chi connectivity index (χ0n) is 9.41. The van der Waals surface area contributed by atoms with Gasteiger partial charge in [0.1, 0.15) is 16.9 Å². The summed E-state index contributed by atoms with van der Waals surface area (Å²) in [5.41, 5.74) is 0.591. The maximum Gasteiger partial charge on any atom is 0.242 e. The van der Waals surface area contributed by atoms with Crippen molar-refractivity contribution in [2.24, 2.45) is 0 Å². The number of hydrogen-bond donors (Lipinski definition) is 1. The van der Waals surface area contributed by atoms with E-state index in [9.17, 15) is 4.79 Å². The number of hydrogen-bond acceptors (Lipinski definition) is 3. The molecule has 0 unspecified atom stereocenters. The van der Waals surface area contributed by atoms with Crippen LogP contribution in [0.25, 0.3) is 0 Å². The highest BCUT2D eigenvalue weighted by atomic mass is 35.5. The van der Waals surface area contributed by atoms with Gasteiger partial charge in [0.15, 0.2) is 0 Å². The molecule has 0 aliphatic heterocycles. The topological polar surface area (TPSA) is 47.6 Å². The van der Waals surface area contributed by atoms with Crippen molar-refractivity contribution in [2.45, 2.75) is 12.3 Å². The Morgan fingerprint density at radius 2 is 1.75 bits per heavy atom. The summed E-state index contributed by atoms with van der Waals surface area (Å²) in [6, 6.07) is 5.11. The lowest BCUT2D eigenvalue weighted by atomic mass is 10.2. The second kappa shape index (κ2) is 5.61. The molecule has 0 radical (unpaired) electrons. The summed E-state index contributed by atoms with van der Waals surface area (Å²) in [5.74, 6) is 0.950. The number of anilines is 1. The third-order valence-electron chi connectivity index (χ3n) is 1.98. The first-order valence-corrected chi connectivity index (χ1v) is 5.18. The van der Waals surface area contributed by atoms with Gasteiger partial charge in [-0.3, -0.25) is 4.79 Å². The zero-order chi connectivity index (χ0) is 12.1. The number of benzene rings is 1. The average Bonchev–Trinajstić information content (AvgIpc) is 2.28. The Kier molecular flexibility index (Phi) is 4.43. The molecule has 5 heteroatoms. The Hall–Kier alpha value is -1.42. The van der Waals surface area contributed by atoms with Crippen LogP contribution >= 0.6 is 11.6 Å². The zero-order valence-corrected chi connectivity index (χ0v) is 10.2. The molecule has 0 saturated carbocycles. The molecule has 4 nitrogen and oxygen atoms in total. The first kappa shape index (κ1) is 12.6. The highest BCUT2D eigenvalue weighted by Gasteiger charge is 2.10. The summed E-state index contributed by atoms with van der Waals surface area (Å²) in [6.07, 6.45) is 0. The minimum atomic E-state index is -0.586. The number of alkyl halides is 1. The number of carbonyl (C=O) groups is 1. The molecule has 0 saturated heterocycles. The van der Waals surface area contributed by atoms with E-state index in [1.807, 2.05) is 0 Å². The van der Waals surface area contributed by atoms with Crippen molar-refractivity contribution in [3.8, 4) is 11.5 Å². The van der Waals surface area contributed by atoms with Crippen molar-refractivity contribution >= 4 is 23.2 Å². The molecule has 1 aromatic rings. The van der Waals surface area contributed by atoms with E-state index < -0.39 is 5.38 Å². The van der Waals surface area contributed by atoms with Crippen LogP contribution in [-0.4, -0.2) is 25.5 Å². The molecule has 0 aliphatic carbocycles. The smallest absolute Gasteiger partial charge is 0.242 e. The van der Waals surface area contributed by atoms with Crippen LogP contribution in [0.3, 0.4) is 0 Å². The van der Waals surface area contributed by atoms with Crippen molar-refractivity contribution in [3.63, 3.8) is 0 Å². The number of rotatable bonds is 4. The Labute approximate surface area is 99.5 Å². The number of nitrogens with one attached hydrogen (secondary N) is 1. The minimum absolute atomic E-state index is 0.267. The Bertz CT molecular complexity index is 357. The average molecular weight is 244 g/mol. The molecule has 0 aromatic heterocycles. The monoisotopic (exact) mass is 243 g/mol. The van der Waals surface area contributed by atoms with Gasteiger partial charge in [-0.1, -0.05) is 0 Å². The van der Waals surface area contributed by atoms with Crippen LogP contribution in [-0.2, 0) is 4.79 Å². The standard InChI is InChI=1S/C11H14ClNO3/c1-7(12)11(14)13-8-4-9(15-2)6-10(5-8)16-3/h4-7H,1-3H3,(H,13,14)/t7-/m0/s1. The molecule has 0 bridgehead atoms. The summed E-state index contributed by atoms with van der Waals surface area (Å²) >= 11 is 5.65. The fourth-order valence-electron chi connectivity index (χ4n) is 1.12. The lowest BCUT2D eigenvalue weighted by molar-refractivity contribution is -0.115. The van der Waals surface area contributed by atoms with Gasteiger partial charge in [0.25, 0.3) is 0 Å². The van der Waals surface area contributed by atoms with Crippen molar-refractivity contribution in [1.29, 1.82) is 0 Å². The van der Waals surface area contributed by atoms with Gasteiger partial charge < -0.3 is 14.8 Å². The summed E-state index contributed by atoms with van der Waals surface area (Å²) in [5, 5.41) is 2.07. The van der Waals surface area contributed by atoms with E-state index in [1.165, 1.54) is 0 Å². The van der Waals surface area contributed by atoms with E-state index in [-0.39, 0.29) is 5.91 Å². The predicted molar refractivity (Wildman–Crippen MR) is 63.5 cm³/mol. The van der Waals surface area contributed by atoms with Gasteiger partial charge in [-0.2, -0.15) is 0 Å². The highest BCUT2D eigenvalue weighted by molar-refractivity contribution is 6.32. The second-order valence-corrected chi connectivity index (χ2v) is 3.86. The lowest BCUT2D eigenvalue weighted by Crippen LogP contribution is -2.20. The third-order valence-corrected chi connectivity index (χ3v) is 2.18. The molecule has 1 N–H and O–H groups in total. The van der Waals surface area contributed by atoms with Gasteiger partial charge in [-0.25, -0.2) is 0 Å². The first-order chi connectivity index (χ1) is 7.56. The van der Waals surface area contributed by atoms with Crippen LogP contribution in [0.5, 0.6) is 11.5 Å². The third kappa shape index (κ3) is 3.31. The van der Waals surface area contributed by atoms with Gasteiger partial charge in [0.2, 0.25) is 5.91 Å².